The number of nitrogens with zero attached hydrogens (tertiary/aromatic N) is 1. The maximum atomic E-state index is 13.1. The molecule has 0 aromatic heterocycles. The van der Waals surface area contributed by atoms with Gasteiger partial charge in [-0.05, 0) is 49.8 Å². The lowest BCUT2D eigenvalue weighted by Gasteiger charge is -2.29. The van der Waals surface area contributed by atoms with Gasteiger partial charge >= 0.3 is 0 Å². The number of nitrogens with one attached hydrogen (secondary N) is 1. The van der Waals surface area contributed by atoms with Crippen LogP contribution >= 0.6 is 24.0 Å². The summed E-state index contributed by atoms with van der Waals surface area (Å²) in [6, 6.07) is 8.97. The van der Waals surface area contributed by atoms with Crippen LogP contribution in [0.15, 0.2) is 24.3 Å². The maximum absolute atomic E-state index is 13.1. The van der Waals surface area contributed by atoms with Crippen molar-refractivity contribution in [2.45, 2.75) is 49.6 Å². The normalized spacial score (nSPS) is 28.7. The van der Waals surface area contributed by atoms with Crippen molar-refractivity contribution in [2.75, 3.05) is 13.1 Å². The van der Waals surface area contributed by atoms with E-state index < -0.39 is 0 Å². The van der Waals surface area contributed by atoms with Crippen molar-refractivity contribution < 1.29 is 4.79 Å². The van der Waals surface area contributed by atoms with E-state index in [-0.39, 0.29) is 17.8 Å². The molecule has 1 N–H and O–H groups in total. The van der Waals surface area contributed by atoms with Crippen LogP contribution in [-0.2, 0) is 10.2 Å². The van der Waals surface area contributed by atoms with E-state index in [1.54, 1.807) is 0 Å². The number of halogens is 2. The van der Waals surface area contributed by atoms with Gasteiger partial charge < -0.3 is 10.2 Å². The highest BCUT2D eigenvalue weighted by Gasteiger charge is 2.53. The zero-order valence-electron chi connectivity index (χ0n) is 12.6. The predicted molar refractivity (Wildman–Crippen MR) is 90.8 cm³/mol. The number of carbonyl (C=O) groups is 1. The first-order valence-corrected chi connectivity index (χ1v) is 8.37. The molecule has 2 saturated heterocycles. The van der Waals surface area contributed by atoms with Crippen molar-refractivity contribution >= 4 is 29.9 Å². The standard InChI is InChI=1S/C17H21ClN2O.ClH/c18-13-3-1-2-12(10-13)17(7-8-17)16(21)20-9-6-14-4-5-15(11-20)19-14;/h1-3,10,14-15,19H,4-9,11H2;1H. The van der Waals surface area contributed by atoms with E-state index in [2.05, 4.69) is 16.3 Å². The summed E-state index contributed by atoms with van der Waals surface area (Å²) < 4.78 is 0. The van der Waals surface area contributed by atoms with E-state index in [0.717, 1.165) is 42.9 Å². The van der Waals surface area contributed by atoms with E-state index in [9.17, 15) is 4.79 Å². The second-order valence-electron chi connectivity index (χ2n) is 6.77. The van der Waals surface area contributed by atoms with Gasteiger partial charge in [-0.1, -0.05) is 23.7 Å². The van der Waals surface area contributed by atoms with Crippen LogP contribution in [-0.4, -0.2) is 36.0 Å². The Morgan fingerprint density at radius 2 is 2.00 bits per heavy atom. The molecule has 2 atom stereocenters. The number of carbonyl (C=O) groups excluding carboxylic acids is 1. The minimum absolute atomic E-state index is 0. The Bertz CT molecular complexity index is 574. The van der Waals surface area contributed by atoms with Crippen molar-refractivity contribution in [3.63, 3.8) is 0 Å². The molecule has 4 rings (SSSR count). The monoisotopic (exact) mass is 340 g/mol. The number of fused-ring (bicyclic) bond motifs is 2. The smallest absolute Gasteiger partial charge is 0.233 e. The molecule has 120 valence electrons. The van der Waals surface area contributed by atoms with Crippen LogP contribution < -0.4 is 5.32 Å². The van der Waals surface area contributed by atoms with Gasteiger partial charge in [-0.2, -0.15) is 0 Å². The lowest BCUT2D eigenvalue weighted by Crippen LogP contribution is -2.44. The summed E-state index contributed by atoms with van der Waals surface area (Å²) >= 11 is 6.11. The summed E-state index contributed by atoms with van der Waals surface area (Å²) in [5.74, 6) is 0.319. The molecule has 1 aliphatic carbocycles. The SMILES string of the molecule is Cl.O=C(N1CCC2CCC(C1)N2)C1(c2cccc(Cl)c2)CC1. The molecule has 3 nitrogen and oxygen atoms in total. The van der Waals surface area contributed by atoms with Gasteiger partial charge in [0.2, 0.25) is 5.91 Å². The fraction of sp³-hybridized carbons (Fsp3) is 0.588. The van der Waals surface area contributed by atoms with E-state index in [1.165, 1.54) is 12.8 Å². The van der Waals surface area contributed by atoms with Crippen LogP contribution in [0, 0.1) is 0 Å². The van der Waals surface area contributed by atoms with E-state index in [0.29, 0.717) is 18.0 Å². The van der Waals surface area contributed by atoms with Gasteiger partial charge in [-0.15, -0.1) is 12.4 Å². The van der Waals surface area contributed by atoms with E-state index in [4.69, 9.17) is 11.6 Å². The van der Waals surface area contributed by atoms with Crippen LogP contribution in [0.3, 0.4) is 0 Å². The molecule has 2 aliphatic heterocycles. The second kappa shape index (κ2) is 6.03. The van der Waals surface area contributed by atoms with Crippen molar-refractivity contribution in [1.29, 1.82) is 0 Å². The minimum Gasteiger partial charge on any atom is -0.340 e. The maximum Gasteiger partial charge on any atom is 0.233 e. The fourth-order valence-corrected chi connectivity index (χ4v) is 4.16. The summed E-state index contributed by atoms with van der Waals surface area (Å²) in [5.41, 5.74) is 0.816. The quantitative estimate of drug-likeness (QED) is 0.896. The first-order chi connectivity index (χ1) is 10.2. The van der Waals surface area contributed by atoms with Crippen molar-refractivity contribution in [3.8, 4) is 0 Å². The highest BCUT2D eigenvalue weighted by Crippen LogP contribution is 2.50. The molecule has 2 heterocycles. The molecule has 1 amide bonds. The number of amides is 1. The summed E-state index contributed by atoms with van der Waals surface area (Å²) in [6.45, 7) is 1.77. The first kappa shape index (κ1) is 16.1. The molecule has 0 spiro atoms. The lowest BCUT2D eigenvalue weighted by atomic mass is 9.93. The Labute approximate surface area is 142 Å². The van der Waals surface area contributed by atoms with Crippen molar-refractivity contribution in [3.05, 3.63) is 34.9 Å². The van der Waals surface area contributed by atoms with Crippen LogP contribution in [0.25, 0.3) is 0 Å². The third-order valence-corrected chi connectivity index (χ3v) is 5.58. The van der Waals surface area contributed by atoms with Gasteiger partial charge in [0.05, 0.1) is 5.41 Å². The minimum atomic E-state index is -0.283. The Kier molecular flexibility index (Phi) is 4.41. The predicted octanol–water partition coefficient (Wildman–Crippen LogP) is 3.15. The first-order valence-electron chi connectivity index (χ1n) is 7.99. The molecular weight excluding hydrogens is 319 g/mol. The number of likely N-dealkylation sites (tertiary alicyclic amines) is 1. The topological polar surface area (TPSA) is 32.3 Å². The molecule has 3 fully saturated rings. The Morgan fingerprint density at radius 3 is 2.73 bits per heavy atom. The van der Waals surface area contributed by atoms with Crippen LogP contribution in [0.2, 0.25) is 5.02 Å². The highest BCUT2D eigenvalue weighted by atomic mass is 35.5. The average molecular weight is 341 g/mol. The van der Waals surface area contributed by atoms with Gasteiger partial charge in [0.15, 0.2) is 0 Å². The average Bonchev–Trinajstić information content (AvgIpc) is 3.19. The summed E-state index contributed by atoms with van der Waals surface area (Å²) in [5, 5.41) is 4.37. The molecule has 1 aromatic carbocycles. The zero-order chi connectivity index (χ0) is 14.4. The van der Waals surface area contributed by atoms with E-state index >= 15 is 0 Å². The third kappa shape index (κ3) is 2.75. The lowest BCUT2D eigenvalue weighted by molar-refractivity contribution is -0.134. The molecule has 1 aromatic rings. The number of benzene rings is 1. The van der Waals surface area contributed by atoms with Crippen LogP contribution in [0.4, 0.5) is 0 Å². The summed E-state index contributed by atoms with van der Waals surface area (Å²) in [7, 11) is 0. The second-order valence-corrected chi connectivity index (χ2v) is 7.21. The Morgan fingerprint density at radius 1 is 1.23 bits per heavy atom. The molecule has 0 radical (unpaired) electrons. The third-order valence-electron chi connectivity index (χ3n) is 5.35. The van der Waals surface area contributed by atoms with Crippen LogP contribution in [0.5, 0.6) is 0 Å². The molecule has 1 saturated carbocycles. The molecule has 3 aliphatic rings. The summed E-state index contributed by atoms with van der Waals surface area (Å²) in [4.78, 5) is 15.2. The largest absolute Gasteiger partial charge is 0.340 e. The summed E-state index contributed by atoms with van der Waals surface area (Å²) in [6.07, 6.45) is 5.49. The van der Waals surface area contributed by atoms with Crippen LogP contribution in [0.1, 0.15) is 37.7 Å². The van der Waals surface area contributed by atoms with Gasteiger partial charge in [0.25, 0.3) is 0 Å². The van der Waals surface area contributed by atoms with Gasteiger partial charge in [0.1, 0.15) is 0 Å². The van der Waals surface area contributed by atoms with E-state index in [1.807, 2.05) is 18.2 Å². The molecule has 22 heavy (non-hydrogen) atoms. The molecule has 2 unspecified atom stereocenters. The Hall–Kier alpha value is -0.770. The number of rotatable bonds is 2. The van der Waals surface area contributed by atoms with Gasteiger partial charge in [0, 0.05) is 30.2 Å². The number of hydrogen-bond acceptors (Lipinski definition) is 2. The fourth-order valence-electron chi connectivity index (χ4n) is 3.97. The Balaban J connectivity index is 0.00000144. The zero-order valence-corrected chi connectivity index (χ0v) is 14.1. The molecular formula is C17H22Cl2N2O. The highest BCUT2D eigenvalue weighted by molar-refractivity contribution is 6.30. The van der Waals surface area contributed by atoms with Crippen molar-refractivity contribution in [1.82, 2.24) is 10.2 Å². The molecule has 5 heteroatoms. The van der Waals surface area contributed by atoms with Gasteiger partial charge in [-0.25, -0.2) is 0 Å². The van der Waals surface area contributed by atoms with Gasteiger partial charge in [-0.3, -0.25) is 4.79 Å². The van der Waals surface area contributed by atoms with Crippen molar-refractivity contribution in [2.24, 2.45) is 0 Å². The molecule has 2 bridgehead atoms. The number of hydrogen-bond donors (Lipinski definition) is 1.